The first-order valence-corrected chi connectivity index (χ1v) is 11.0. The predicted octanol–water partition coefficient (Wildman–Crippen LogP) is 8.93. The van der Waals surface area contributed by atoms with Gasteiger partial charge in [0.15, 0.2) is 0 Å². The zero-order chi connectivity index (χ0) is 17.4. The van der Waals surface area contributed by atoms with Crippen LogP contribution in [-0.4, -0.2) is 0 Å². The third-order valence-corrected chi connectivity index (χ3v) is 5.62. The Morgan fingerprint density at radius 2 is 0.870 bits per heavy atom. The first-order chi connectivity index (χ1) is 11.0. The van der Waals surface area contributed by atoms with Crippen LogP contribution >= 0.6 is 0 Å². The van der Waals surface area contributed by atoms with E-state index in [0.717, 1.165) is 5.92 Å². The smallest absolute Gasteiger partial charge is 0.0354 e. The van der Waals surface area contributed by atoms with E-state index in [4.69, 9.17) is 0 Å². The average Bonchev–Trinajstić information content (AvgIpc) is 2.50. The van der Waals surface area contributed by atoms with Crippen molar-refractivity contribution in [3.63, 3.8) is 0 Å². The molecule has 0 aromatic carbocycles. The Labute approximate surface area is 149 Å². The maximum atomic E-state index is 2.41. The first kappa shape index (κ1) is 23.0. The Bertz CT molecular complexity index is 223. The van der Waals surface area contributed by atoms with Crippen molar-refractivity contribution in [2.24, 2.45) is 11.3 Å². The molecule has 1 unspecified atom stereocenters. The highest BCUT2D eigenvalue weighted by Crippen LogP contribution is 2.32. The van der Waals surface area contributed by atoms with Crippen LogP contribution in [0.3, 0.4) is 0 Å². The maximum absolute atomic E-state index is 2.41. The van der Waals surface area contributed by atoms with Crippen LogP contribution in [0.15, 0.2) is 0 Å². The summed E-state index contributed by atoms with van der Waals surface area (Å²) in [5.74, 6) is 0.917. The molecule has 0 aliphatic carbocycles. The van der Waals surface area contributed by atoms with Gasteiger partial charge in [0.1, 0.15) is 0 Å². The molecule has 1 atom stereocenters. The summed E-state index contributed by atoms with van der Waals surface area (Å²) in [6, 6.07) is 0. The fraction of sp³-hybridized carbons (Fsp3) is 1.00. The number of rotatable bonds is 16. The summed E-state index contributed by atoms with van der Waals surface area (Å²) in [5, 5.41) is 0. The third kappa shape index (κ3) is 15.3. The molecular formula is C23H48. The molecule has 0 rings (SSSR count). The standard InChI is InChI=1S/C23H48/c1-6-8-9-10-11-12-13-14-15-16-17-18-19-20-21-22(7-2)23(3,4)5/h22H,6-21H2,1-5H3. The van der Waals surface area contributed by atoms with Crippen molar-refractivity contribution in [3.8, 4) is 0 Å². The van der Waals surface area contributed by atoms with Crippen LogP contribution in [0.4, 0.5) is 0 Å². The van der Waals surface area contributed by atoms with Crippen molar-refractivity contribution in [2.75, 3.05) is 0 Å². The van der Waals surface area contributed by atoms with Crippen molar-refractivity contribution in [3.05, 3.63) is 0 Å². The van der Waals surface area contributed by atoms with E-state index in [1.807, 2.05) is 0 Å². The van der Waals surface area contributed by atoms with E-state index >= 15 is 0 Å². The third-order valence-electron chi connectivity index (χ3n) is 5.62. The van der Waals surface area contributed by atoms with Crippen molar-refractivity contribution < 1.29 is 0 Å². The molecule has 0 amide bonds. The van der Waals surface area contributed by atoms with Crippen LogP contribution in [0, 0.1) is 11.3 Å². The summed E-state index contributed by atoms with van der Waals surface area (Å²) in [5.41, 5.74) is 0.505. The van der Waals surface area contributed by atoms with Crippen molar-refractivity contribution in [2.45, 2.75) is 137 Å². The molecule has 0 saturated carbocycles. The normalized spacial score (nSPS) is 13.4. The van der Waals surface area contributed by atoms with E-state index in [1.54, 1.807) is 0 Å². The molecule has 0 aliphatic rings. The highest BCUT2D eigenvalue weighted by Gasteiger charge is 2.21. The molecule has 23 heavy (non-hydrogen) atoms. The molecule has 0 N–H and O–H groups in total. The van der Waals surface area contributed by atoms with Crippen LogP contribution in [0.2, 0.25) is 0 Å². The van der Waals surface area contributed by atoms with Crippen LogP contribution < -0.4 is 0 Å². The van der Waals surface area contributed by atoms with Gasteiger partial charge in [-0.25, -0.2) is 0 Å². The second kappa shape index (κ2) is 15.5. The lowest BCUT2D eigenvalue weighted by Crippen LogP contribution is -2.19. The highest BCUT2D eigenvalue weighted by molar-refractivity contribution is 4.72. The summed E-state index contributed by atoms with van der Waals surface area (Å²) in [6.07, 6.45) is 23.3. The number of hydrogen-bond acceptors (Lipinski definition) is 0. The van der Waals surface area contributed by atoms with E-state index in [9.17, 15) is 0 Å². The van der Waals surface area contributed by atoms with E-state index in [1.165, 1.54) is 103 Å². The molecule has 0 heterocycles. The van der Waals surface area contributed by atoms with Gasteiger partial charge in [-0.3, -0.25) is 0 Å². The zero-order valence-electron chi connectivity index (χ0n) is 17.4. The minimum atomic E-state index is 0.505. The SMILES string of the molecule is CCCCCCCCCCCCCCCCC(CC)C(C)(C)C. The molecule has 0 spiro atoms. The largest absolute Gasteiger partial charge is 0.0654 e. The first-order valence-electron chi connectivity index (χ1n) is 11.0. The Morgan fingerprint density at radius 3 is 1.17 bits per heavy atom. The fourth-order valence-corrected chi connectivity index (χ4v) is 3.83. The van der Waals surface area contributed by atoms with Crippen molar-refractivity contribution in [1.29, 1.82) is 0 Å². The summed E-state index contributed by atoms with van der Waals surface area (Å²) < 4.78 is 0. The lowest BCUT2D eigenvalue weighted by atomic mass is 9.76. The van der Waals surface area contributed by atoms with Gasteiger partial charge < -0.3 is 0 Å². The lowest BCUT2D eigenvalue weighted by Gasteiger charge is -2.29. The average molecular weight is 325 g/mol. The maximum Gasteiger partial charge on any atom is -0.0354 e. The molecule has 0 saturated heterocycles. The quantitative estimate of drug-likeness (QED) is 0.248. The van der Waals surface area contributed by atoms with Gasteiger partial charge >= 0.3 is 0 Å². The van der Waals surface area contributed by atoms with Gasteiger partial charge in [0.25, 0.3) is 0 Å². The van der Waals surface area contributed by atoms with Crippen LogP contribution in [0.5, 0.6) is 0 Å². The summed E-state index contributed by atoms with van der Waals surface area (Å²) in [6.45, 7) is 11.9. The van der Waals surface area contributed by atoms with E-state index in [0.29, 0.717) is 5.41 Å². The van der Waals surface area contributed by atoms with E-state index in [2.05, 4.69) is 34.6 Å². The molecule has 0 heteroatoms. The van der Waals surface area contributed by atoms with Crippen LogP contribution in [0.25, 0.3) is 0 Å². The molecule has 0 aromatic rings. The van der Waals surface area contributed by atoms with E-state index < -0.39 is 0 Å². The summed E-state index contributed by atoms with van der Waals surface area (Å²) in [4.78, 5) is 0. The molecule has 0 nitrogen and oxygen atoms in total. The van der Waals surface area contributed by atoms with Gasteiger partial charge in [-0.2, -0.15) is 0 Å². The second-order valence-corrected chi connectivity index (χ2v) is 8.86. The fourth-order valence-electron chi connectivity index (χ4n) is 3.83. The van der Waals surface area contributed by atoms with Gasteiger partial charge in [0, 0.05) is 0 Å². The van der Waals surface area contributed by atoms with Crippen molar-refractivity contribution in [1.82, 2.24) is 0 Å². The van der Waals surface area contributed by atoms with Gasteiger partial charge in [0.2, 0.25) is 0 Å². The number of hydrogen-bond donors (Lipinski definition) is 0. The highest BCUT2D eigenvalue weighted by atomic mass is 14.3. The molecule has 0 fully saturated rings. The Kier molecular flexibility index (Phi) is 15.5. The summed E-state index contributed by atoms with van der Waals surface area (Å²) >= 11 is 0. The lowest BCUT2D eigenvalue weighted by molar-refractivity contribution is 0.213. The second-order valence-electron chi connectivity index (χ2n) is 8.86. The molecule has 0 aromatic heterocycles. The summed E-state index contributed by atoms with van der Waals surface area (Å²) in [7, 11) is 0. The Hall–Kier alpha value is 0. The van der Waals surface area contributed by atoms with Gasteiger partial charge in [-0.15, -0.1) is 0 Å². The van der Waals surface area contributed by atoms with Crippen LogP contribution in [-0.2, 0) is 0 Å². The topological polar surface area (TPSA) is 0 Å². The minimum absolute atomic E-state index is 0.505. The van der Waals surface area contributed by atoms with Gasteiger partial charge in [0.05, 0.1) is 0 Å². The predicted molar refractivity (Wildman–Crippen MR) is 108 cm³/mol. The monoisotopic (exact) mass is 324 g/mol. The van der Waals surface area contributed by atoms with Crippen molar-refractivity contribution >= 4 is 0 Å². The minimum Gasteiger partial charge on any atom is -0.0654 e. The van der Waals surface area contributed by atoms with Gasteiger partial charge in [-0.05, 0) is 17.8 Å². The Balaban J connectivity index is 3.22. The van der Waals surface area contributed by atoms with Crippen LogP contribution in [0.1, 0.15) is 137 Å². The molecular weight excluding hydrogens is 276 g/mol. The van der Waals surface area contributed by atoms with E-state index in [-0.39, 0.29) is 0 Å². The number of unbranched alkanes of at least 4 members (excludes halogenated alkanes) is 13. The molecule has 0 radical (unpaired) electrons. The Morgan fingerprint density at radius 1 is 0.522 bits per heavy atom. The molecule has 140 valence electrons. The molecule has 0 aliphatic heterocycles. The molecule has 0 bridgehead atoms. The van der Waals surface area contributed by atoms with Gasteiger partial charge in [-0.1, -0.05) is 131 Å². The zero-order valence-corrected chi connectivity index (χ0v) is 17.4.